The number of benzene rings is 1. The van der Waals surface area contributed by atoms with Gasteiger partial charge in [0, 0.05) is 19.1 Å². The van der Waals surface area contributed by atoms with E-state index in [1.165, 1.54) is 6.07 Å². The molecule has 4 unspecified atom stereocenters. The molecule has 1 aliphatic carbocycles. The quantitative estimate of drug-likeness (QED) is 0.343. The van der Waals surface area contributed by atoms with E-state index < -0.39 is 24.6 Å². The Morgan fingerprint density at radius 2 is 2.12 bits per heavy atom. The summed E-state index contributed by atoms with van der Waals surface area (Å²) in [5, 5.41) is 35.3. The molecule has 3 fully saturated rings. The smallest absolute Gasteiger partial charge is 0.434 e. The van der Waals surface area contributed by atoms with E-state index in [2.05, 4.69) is 5.32 Å². The Morgan fingerprint density at radius 1 is 1.34 bits per heavy atom. The Morgan fingerprint density at radius 3 is 2.78 bits per heavy atom. The number of carbonyl (C=O) groups is 2. The van der Waals surface area contributed by atoms with Gasteiger partial charge in [0.1, 0.15) is 11.9 Å². The summed E-state index contributed by atoms with van der Waals surface area (Å²) >= 11 is 0. The van der Waals surface area contributed by atoms with E-state index >= 15 is 0 Å². The van der Waals surface area contributed by atoms with Gasteiger partial charge in [0.2, 0.25) is 5.91 Å². The SMILES string of the molecule is NCC1COC(CC(=O)N2CC(Oc3ccc4c(c3C(=O)[O-])O[B-](O)(O)C3CC43)C2)CN1. The molecule has 12 heteroatoms. The summed E-state index contributed by atoms with van der Waals surface area (Å²) in [4.78, 5) is 25.9. The van der Waals surface area contributed by atoms with E-state index in [1.54, 1.807) is 11.0 Å². The summed E-state index contributed by atoms with van der Waals surface area (Å²) in [5.41, 5.74) is 5.88. The molecule has 32 heavy (non-hydrogen) atoms. The van der Waals surface area contributed by atoms with Crippen LogP contribution in [0.25, 0.3) is 0 Å². The number of carboxylic acids is 1. The van der Waals surface area contributed by atoms with Gasteiger partial charge in [-0.05, 0) is 17.5 Å². The highest BCUT2D eigenvalue weighted by atomic mass is 16.6. The number of likely N-dealkylation sites (tertiary alicyclic amines) is 1. The zero-order chi connectivity index (χ0) is 22.6. The van der Waals surface area contributed by atoms with Crippen LogP contribution in [0.15, 0.2) is 12.1 Å². The first-order valence-electron chi connectivity index (χ1n) is 10.9. The summed E-state index contributed by atoms with van der Waals surface area (Å²) < 4.78 is 16.8. The van der Waals surface area contributed by atoms with Crippen molar-refractivity contribution in [2.75, 3.05) is 32.8 Å². The molecule has 4 atom stereocenters. The second-order valence-corrected chi connectivity index (χ2v) is 9.07. The second kappa shape index (κ2) is 7.89. The summed E-state index contributed by atoms with van der Waals surface area (Å²) in [6, 6.07) is 3.34. The van der Waals surface area contributed by atoms with Gasteiger partial charge in [-0.25, -0.2) is 0 Å². The Kier molecular flexibility index (Phi) is 5.29. The maximum Gasteiger partial charge on any atom is 0.434 e. The highest BCUT2D eigenvalue weighted by molar-refractivity contribution is 6.62. The van der Waals surface area contributed by atoms with Crippen molar-refractivity contribution in [1.29, 1.82) is 0 Å². The topological polar surface area (TPSA) is 167 Å². The van der Waals surface area contributed by atoms with Crippen molar-refractivity contribution in [3.05, 3.63) is 23.3 Å². The van der Waals surface area contributed by atoms with Crippen LogP contribution in [0.1, 0.15) is 34.7 Å². The number of nitrogens with one attached hydrogen (secondary N) is 1. The van der Waals surface area contributed by atoms with Crippen LogP contribution in [0.5, 0.6) is 11.5 Å². The molecule has 3 aliphatic heterocycles. The molecule has 5 rings (SSSR count). The third kappa shape index (κ3) is 3.82. The van der Waals surface area contributed by atoms with Crippen LogP contribution in [0.4, 0.5) is 0 Å². The average Bonchev–Trinajstić information content (AvgIpc) is 3.52. The molecule has 4 aliphatic rings. The normalized spacial score (nSPS) is 30.4. The van der Waals surface area contributed by atoms with Crippen molar-refractivity contribution in [2.45, 2.75) is 42.8 Å². The van der Waals surface area contributed by atoms with E-state index in [0.29, 0.717) is 44.8 Å². The lowest BCUT2D eigenvalue weighted by atomic mass is 9.68. The molecule has 0 bridgehead atoms. The number of hydrogen-bond donors (Lipinski definition) is 4. The summed E-state index contributed by atoms with van der Waals surface area (Å²) in [6.45, 7) is -0.984. The van der Waals surface area contributed by atoms with Gasteiger partial charge >= 0.3 is 6.75 Å². The van der Waals surface area contributed by atoms with E-state index in [0.717, 1.165) is 0 Å². The van der Waals surface area contributed by atoms with Gasteiger partial charge in [-0.2, -0.15) is 0 Å². The molecule has 5 N–H and O–H groups in total. The summed E-state index contributed by atoms with van der Waals surface area (Å²) in [6.07, 6.45) is 0.170. The number of hydrogen-bond acceptors (Lipinski definition) is 10. The number of rotatable bonds is 6. The molecule has 2 saturated heterocycles. The molecule has 0 aromatic heterocycles. The van der Waals surface area contributed by atoms with Gasteiger partial charge in [0.05, 0.1) is 49.5 Å². The highest BCUT2D eigenvalue weighted by Crippen LogP contribution is 2.63. The minimum Gasteiger partial charge on any atom is -0.669 e. The summed E-state index contributed by atoms with van der Waals surface area (Å²) in [5.74, 6) is -2.22. The van der Waals surface area contributed by atoms with Gasteiger partial charge in [-0.1, -0.05) is 18.3 Å². The molecule has 174 valence electrons. The fraction of sp³-hybridized carbons (Fsp3) is 0.600. The average molecular weight is 447 g/mol. The van der Waals surface area contributed by atoms with Crippen molar-refractivity contribution in [3.63, 3.8) is 0 Å². The molecular weight excluding hydrogens is 421 g/mol. The molecule has 1 aromatic carbocycles. The zero-order valence-corrected chi connectivity index (χ0v) is 17.4. The molecule has 1 saturated carbocycles. The number of morpholine rings is 1. The van der Waals surface area contributed by atoms with Gasteiger partial charge in [-0.15, -0.1) is 0 Å². The monoisotopic (exact) mass is 447 g/mol. The number of carboxylic acid groups (broad SMARTS) is 1. The number of fused-ring (bicyclic) bond motifs is 3. The molecule has 1 aromatic rings. The fourth-order valence-corrected chi connectivity index (χ4v) is 4.77. The molecule has 0 spiro atoms. The van der Waals surface area contributed by atoms with E-state index in [1.807, 2.05) is 0 Å². The number of nitrogens with zero attached hydrogens (tertiary/aromatic N) is 1. The van der Waals surface area contributed by atoms with Crippen LogP contribution in [0.3, 0.4) is 0 Å². The molecular formula is C20H26BN3O8-2. The van der Waals surface area contributed by atoms with Crippen molar-refractivity contribution in [1.82, 2.24) is 10.2 Å². The lowest BCUT2D eigenvalue weighted by Crippen LogP contribution is -2.58. The number of aromatic carboxylic acids is 1. The Labute approximate surface area is 184 Å². The van der Waals surface area contributed by atoms with Crippen LogP contribution >= 0.6 is 0 Å². The van der Waals surface area contributed by atoms with Crippen molar-refractivity contribution < 1.29 is 38.9 Å². The molecule has 1 amide bonds. The van der Waals surface area contributed by atoms with Gasteiger partial charge in [-0.3, -0.25) is 4.79 Å². The first kappa shape index (κ1) is 21.5. The Balaban J connectivity index is 1.20. The summed E-state index contributed by atoms with van der Waals surface area (Å²) in [7, 11) is 0. The number of ether oxygens (including phenoxy) is 2. The van der Waals surface area contributed by atoms with Gasteiger partial charge in [0.25, 0.3) is 0 Å². The predicted octanol–water partition coefficient (Wildman–Crippen LogP) is -2.48. The number of nitrogens with two attached hydrogens (primary N) is 1. The predicted molar refractivity (Wildman–Crippen MR) is 109 cm³/mol. The van der Waals surface area contributed by atoms with E-state index in [-0.39, 0.29) is 47.5 Å². The lowest BCUT2D eigenvalue weighted by Gasteiger charge is -2.41. The fourth-order valence-electron chi connectivity index (χ4n) is 4.77. The van der Waals surface area contributed by atoms with Crippen LogP contribution in [0.2, 0.25) is 5.82 Å². The third-order valence-electron chi connectivity index (χ3n) is 6.79. The Bertz CT molecular complexity index is 930. The van der Waals surface area contributed by atoms with Crippen LogP contribution in [-0.2, 0) is 9.53 Å². The lowest BCUT2D eigenvalue weighted by molar-refractivity contribution is -0.255. The van der Waals surface area contributed by atoms with E-state index in [9.17, 15) is 24.7 Å². The van der Waals surface area contributed by atoms with Crippen LogP contribution < -0.4 is 25.5 Å². The van der Waals surface area contributed by atoms with Crippen molar-refractivity contribution in [3.8, 4) is 11.5 Å². The molecule has 11 nitrogen and oxygen atoms in total. The molecule has 0 radical (unpaired) electrons. The van der Waals surface area contributed by atoms with Crippen molar-refractivity contribution in [2.24, 2.45) is 5.73 Å². The van der Waals surface area contributed by atoms with Crippen LogP contribution in [0, 0.1) is 0 Å². The highest BCUT2D eigenvalue weighted by Gasteiger charge is 2.55. The zero-order valence-electron chi connectivity index (χ0n) is 17.4. The minimum absolute atomic E-state index is 0.0270. The largest absolute Gasteiger partial charge is 0.669 e. The van der Waals surface area contributed by atoms with E-state index in [4.69, 9.17) is 19.9 Å². The first-order valence-corrected chi connectivity index (χ1v) is 10.9. The van der Waals surface area contributed by atoms with Gasteiger partial charge in [0.15, 0.2) is 0 Å². The Hall–Kier alpha value is -2.38. The maximum absolute atomic E-state index is 12.5. The molecule has 3 heterocycles. The van der Waals surface area contributed by atoms with Crippen LogP contribution in [-0.4, -0.2) is 84.6 Å². The van der Waals surface area contributed by atoms with Crippen molar-refractivity contribution >= 4 is 18.6 Å². The standard InChI is InChI=1S/C20H27BN3O8/c22-5-10-9-30-11(6-23-10)3-17(25)24-7-12(8-24)31-16-2-1-13-14-4-15(14)21(28,29)32-19(13)18(16)20(26)27/h1-2,10-12,14-15,23,28-29H,3-9,22H2,(H,26,27)/q-1/p-1. The maximum atomic E-state index is 12.5. The number of amides is 1. The first-order chi connectivity index (χ1) is 15.3. The second-order valence-electron chi connectivity index (χ2n) is 9.07. The number of carbonyl (C=O) groups excluding carboxylic acids is 2. The minimum atomic E-state index is -3.12. The third-order valence-corrected chi connectivity index (χ3v) is 6.79. The van der Waals surface area contributed by atoms with Gasteiger partial charge < -0.3 is 50.0 Å².